The fourth-order valence-corrected chi connectivity index (χ4v) is 4.76. The van der Waals surface area contributed by atoms with E-state index in [1.54, 1.807) is 14.2 Å². The third-order valence-corrected chi connectivity index (χ3v) is 5.96. The number of thiazole rings is 1. The fraction of sp³-hybridized carbons (Fsp3) is 0.444. The first-order chi connectivity index (χ1) is 12.7. The largest absolute Gasteiger partial charge is 0.493 e. The number of hydrogen-bond donors (Lipinski definition) is 1. The van der Waals surface area contributed by atoms with Crippen LogP contribution < -0.4 is 9.47 Å². The number of rotatable bonds is 5. The molecule has 0 amide bonds. The van der Waals surface area contributed by atoms with Crippen LogP contribution in [0.4, 0.5) is 0 Å². The Hall–Kier alpha value is -2.32. The van der Waals surface area contributed by atoms with Crippen LogP contribution in [0.25, 0.3) is 4.96 Å². The number of benzene rings is 1. The lowest BCUT2D eigenvalue weighted by molar-refractivity contribution is 0.183. The summed E-state index contributed by atoms with van der Waals surface area (Å²) in [4.78, 5) is 8.14. The third-order valence-electron chi connectivity index (χ3n) is 4.87. The highest BCUT2D eigenvalue weighted by atomic mass is 32.1. The van der Waals surface area contributed by atoms with E-state index in [4.69, 9.17) is 9.47 Å². The molecular weight excluding hydrogens is 352 g/mol. The van der Waals surface area contributed by atoms with Crippen molar-refractivity contribution in [3.05, 3.63) is 35.0 Å². The summed E-state index contributed by atoms with van der Waals surface area (Å²) < 4.78 is 12.7. The summed E-state index contributed by atoms with van der Waals surface area (Å²) in [6, 6.07) is 5.75. The lowest BCUT2D eigenvalue weighted by Crippen LogP contribution is -2.34. The van der Waals surface area contributed by atoms with Gasteiger partial charge in [-0.3, -0.25) is 4.90 Å². The molecular formula is C18H22N4O3S. The van der Waals surface area contributed by atoms with Crippen molar-refractivity contribution in [3.63, 3.8) is 0 Å². The van der Waals surface area contributed by atoms with E-state index in [1.807, 2.05) is 18.2 Å². The van der Waals surface area contributed by atoms with Crippen LogP contribution in [0.3, 0.4) is 0 Å². The molecule has 1 N–H and O–H groups in total. The molecule has 138 valence electrons. The van der Waals surface area contributed by atoms with Gasteiger partial charge in [0.05, 0.1) is 25.1 Å². The Morgan fingerprint density at radius 1 is 1.15 bits per heavy atom. The van der Waals surface area contributed by atoms with Gasteiger partial charge in [0, 0.05) is 5.56 Å². The van der Waals surface area contributed by atoms with Gasteiger partial charge in [0.15, 0.2) is 11.5 Å². The normalized spacial score (nSPS) is 16.7. The number of hydrogen-bond acceptors (Lipinski definition) is 7. The molecule has 0 radical (unpaired) electrons. The molecule has 26 heavy (non-hydrogen) atoms. The van der Waals surface area contributed by atoms with Gasteiger partial charge in [-0.15, -0.1) is 0 Å². The van der Waals surface area contributed by atoms with Crippen molar-refractivity contribution >= 4 is 16.3 Å². The van der Waals surface area contributed by atoms with Crippen molar-refractivity contribution in [2.75, 3.05) is 27.3 Å². The summed E-state index contributed by atoms with van der Waals surface area (Å²) in [5, 5.41) is 14.9. The van der Waals surface area contributed by atoms with Crippen LogP contribution in [-0.2, 0) is 0 Å². The Bertz CT molecular complexity index is 901. The number of piperidine rings is 1. The Balaban J connectivity index is 1.89. The van der Waals surface area contributed by atoms with Gasteiger partial charge in [0.25, 0.3) is 0 Å². The quantitative estimate of drug-likeness (QED) is 0.740. The second-order valence-corrected chi connectivity index (χ2v) is 7.34. The summed E-state index contributed by atoms with van der Waals surface area (Å²) in [6.07, 6.45) is 4.98. The maximum atomic E-state index is 10.8. The van der Waals surface area contributed by atoms with Gasteiger partial charge in [0.1, 0.15) is 6.33 Å². The van der Waals surface area contributed by atoms with Crippen molar-refractivity contribution in [1.29, 1.82) is 0 Å². The van der Waals surface area contributed by atoms with E-state index in [9.17, 15) is 5.11 Å². The molecule has 3 aromatic rings. The molecule has 0 unspecified atom stereocenters. The van der Waals surface area contributed by atoms with Gasteiger partial charge in [-0.25, -0.2) is 4.98 Å². The number of methoxy groups -OCH3 is 2. The molecule has 4 rings (SSSR count). The number of para-hydroxylation sites is 1. The predicted octanol–water partition coefficient (Wildman–Crippen LogP) is 3.09. The van der Waals surface area contributed by atoms with Gasteiger partial charge < -0.3 is 14.6 Å². The smallest absolute Gasteiger partial charge is 0.230 e. The van der Waals surface area contributed by atoms with Crippen molar-refractivity contribution in [2.24, 2.45) is 0 Å². The lowest BCUT2D eigenvalue weighted by Gasteiger charge is -2.35. The van der Waals surface area contributed by atoms with Crippen molar-refractivity contribution in [3.8, 4) is 17.4 Å². The van der Waals surface area contributed by atoms with E-state index in [-0.39, 0.29) is 11.9 Å². The minimum Gasteiger partial charge on any atom is -0.493 e. The van der Waals surface area contributed by atoms with Crippen molar-refractivity contribution in [1.82, 2.24) is 19.5 Å². The monoisotopic (exact) mass is 374 g/mol. The van der Waals surface area contributed by atoms with Crippen molar-refractivity contribution in [2.45, 2.75) is 25.3 Å². The van der Waals surface area contributed by atoms with Crippen LogP contribution >= 0.6 is 11.3 Å². The summed E-state index contributed by atoms with van der Waals surface area (Å²) in [5.74, 6) is 1.53. The maximum Gasteiger partial charge on any atom is 0.230 e. The van der Waals surface area contributed by atoms with E-state index in [1.165, 1.54) is 28.6 Å². The molecule has 1 aromatic carbocycles. The van der Waals surface area contributed by atoms with Gasteiger partial charge in [-0.1, -0.05) is 29.9 Å². The molecule has 3 heterocycles. The van der Waals surface area contributed by atoms with Crippen LogP contribution in [0.5, 0.6) is 17.4 Å². The van der Waals surface area contributed by atoms with Gasteiger partial charge in [0.2, 0.25) is 10.8 Å². The third kappa shape index (κ3) is 2.79. The second-order valence-electron chi connectivity index (χ2n) is 6.33. The van der Waals surface area contributed by atoms with Crippen LogP contribution in [-0.4, -0.2) is 51.9 Å². The molecule has 1 saturated heterocycles. The first kappa shape index (κ1) is 17.1. The Kier molecular flexibility index (Phi) is 4.69. The standard InChI is InChI=1S/C18H22N4O3S/c1-24-13-8-6-7-12(15(13)25-2)14(21-9-4-3-5-10-21)16-17(23)22-18(26-16)19-11-20-22/h6-8,11,14,23H,3-5,9-10H2,1-2H3/t14-/m0/s1. The Morgan fingerprint density at radius 3 is 2.65 bits per heavy atom. The summed E-state index contributed by atoms with van der Waals surface area (Å²) in [5.41, 5.74) is 0.980. The zero-order chi connectivity index (χ0) is 18.1. The first-order valence-electron chi connectivity index (χ1n) is 8.71. The SMILES string of the molecule is COc1cccc([C@@H](c2sc3ncnn3c2O)N2CCCCC2)c1OC. The molecule has 1 aliphatic rings. The average molecular weight is 374 g/mol. The summed E-state index contributed by atoms with van der Waals surface area (Å²) >= 11 is 1.46. The zero-order valence-corrected chi connectivity index (χ0v) is 15.7. The fourth-order valence-electron chi connectivity index (χ4n) is 3.68. The van der Waals surface area contributed by atoms with Crippen molar-refractivity contribution < 1.29 is 14.6 Å². The maximum absolute atomic E-state index is 10.8. The van der Waals surface area contributed by atoms with Crippen LogP contribution in [0.15, 0.2) is 24.5 Å². The van der Waals surface area contributed by atoms with E-state index in [2.05, 4.69) is 15.0 Å². The Morgan fingerprint density at radius 2 is 1.96 bits per heavy atom. The van der Waals surface area contributed by atoms with Gasteiger partial charge in [-0.05, 0) is 32.0 Å². The molecule has 1 aliphatic heterocycles. The first-order valence-corrected chi connectivity index (χ1v) is 9.52. The number of aromatic hydroxyl groups is 1. The average Bonchev–Trinajstić information content (AvgIpc) is 3.26. The van der Waals surface area contributed by atoms with Crippen LogP contribution in [0, 0.1) is 0 Å². The minimum absolute atomic E-state index is 0.131. The molecule has 0 saturated carbocycles. The zero-order valence-electron chi connectivity index (χ0n) is 14.9. The molecule has 0 aliphatic carbocycles. The minimum atomic E-state index is -0.131. The van der Waals surface area contributed by atoms with Gasteiger partial charge >= 0.3 is 0 Å². The van der Waals surface area contributed by atoms with E-state index in [0.29, 0.717) is 16.5 Å². The number of aromatic nitrogens is 3. The highest BCUT2D eigenvalue weighted by Crippen LogP contribution is 2.45. The highest BCUT2D eigenvalue weighted by molar-refractivity contribution is 7.17. The number of nitrogens with zero attached hydrogens (tertiary/aromatic N) is 4. The lowest BCUT2D eigenvalue weighted by atomic mass is 9.99. The second kappa shape index (κ2) is 7.13. The molecule has 2 aromatic heterocycles. The number of likely N-dealkylation sites (tertiary alicyclic amines) is 1. The topological polar surface area (TPSA) is 72.1 Å². The Labute approximate surface area is 155 Å². The molecule has 0 spiro atoms. The molecule has 1 atom stereocenters. The number of ether oxygens (including phenoxy) is 2. The van der Waals surface area contributed by atoms with E-state index >= 15 is 0 Å². The summed E-state index contributed by atoms with van der Waals surface area (Å²) in [6.45, 7) is 1.94. The predicted molar refractivity (Wildman–Crippen MR) is 99.3 cm³/mol. The summed E-state index contributed by atoms with van der Waals surface area (Å²) in [7, 11) is 3.29. The number of fused-ring (bicyclic) bond motifs is 1. The molecule has 7 nitrogen and oxygen atoms in total. The highest BCUT2D eigenvalue weighted by Gasteiger charge is 2.32. The molecule has 1 fully saturated rings. The van der Waals surface area contributed by atoms with E-state index < -0.39 is 0 Å². The van der Waals surface area contributed by atoms with Gasteiger partial charge in [-0.2, -0.15) is 9.61 Å². The van der Waals surface area contributed by atoms with E-state index in [0.717, 1.165) is 36.4 Å². The van der Waals surface area contributed by atoms with Crippen LogP contribution in [0.2, 0.25) is 0 Å². The van der Waals surface area contributed by atoms with Crippen LogP contribution in [0.1, 0.15) is 35.7 Å². The molecule has 8 heteroatoms. The molecule has 0 bridgehead atoms.